The normalized spacial score (nSPS) is 16.1. The van der Waals surface area contributed by atoms with Crippen molar-refractivity contribution in [2.75, 3.05) is 31.2 Å². The highest BCUT2D eigenvalue weighted by atomic mass is 16.2. The van der Waals surface area contributed by atoms with E-state index in [-0.39, 0.29) is 11.9 Å². The van der Waals surface area contributed by atoms with Crippen molar-refractivity contribution in [3.05, 3.63) is 47.0 Å². The molecule has 0 aliphatic carbocycles. The van der Waals surface area contributed by atoms with Crippen LogP contribution in [0.2, 0.25) is 0 Å². The highest BCUT2D eigenvalue weighted by Crippen LogP contribution is 2.33. The molecule has 7 nitrogen and oxygen atoms in total. The van der Waals surface area contributed by atoms with Gasteiger partial charge in [-0.15, -0.1) is 0 Å². The summed E-state index contributed by atoms with van der Waals surface area (Å²) in [5.74, 6) is 1.01. The molecule has 166 valence electrons. The fourth-order valence-electron chi connectivity index (χ4n) is 4.38. The number of anilines is 1. The maximum absolute atomic E-state index is 13.5. The number of fused-ring (bicyclic) bond motifs is 1. The number of rotatable bonds is 7. The van der Waals surface area contributed by atoms with Gasteiger partial charge in [0.25, 0.3) is 5.91 Å². The molecule has 2 aliphatic heterocycles. The molecular weight excluding hydrogens is 388 g/mol. The van der Waals surface area contributed by atoms with E-state index in [9.17, 15) is 4.79 Å². The Morgan fingerprint density at radius 3 is 2.77 bits per heavy atom. The Morgan fingerprint density at radius 2 is 2.03 bits per heavy atom. The minimum atomic E-state index is 0.132. The zero-order valence-electron chi connectivity index (χ0n) is 18.7. The van der Waals surface area contributed by atoms with Crippen LogP contribution in [0.4, 0.5) is 5.82 Å². The van der Waals surface area contributed by atoms with E-state index in [1.807, 2.05) is 17.0 Å². The van der Waals surface area contributed by atoms with Gasteiger partial charge >= 0.3 is 0 Å². The van der Waals surface area contributed by atoms with Gasteiger partial charge in [-0.05, 0) is 50.8 Å². The smallest absolute Gasteiger partial charge is 0.254 e. The third-order valence-corrected chi connectivity index (χ3v) is 6.02. The molecule has 0 saturated carbocycles. The molecule has 4 N–H and O–H groups in total. The molecule has 4 rings (SSSR count). The number of nitrogens with one attached hydrogen (secondary N) is 2. The molecule has 0 atom stereocenters. The van der Waals surface area contributed by atoms with Crippen molar-refractivity contribution < 1.29 is 4.79 Å². The fraction of sp³-hybridized carbons (Fsp3) is 0.500. The first-order valence-corrected chi connectivity index (χ1v) is 11.4. The van der Waals surface area contributed by atoms with Crippen LogP contribution in [0.15, 0.2) is 30.3 Å². The number of nitrogens with two attached hydrogens (primary N) is 1. The average molecular weight is 423 g/mol. The maximum Gasteiger partial charge on any atom is 0.254 e. The third-order valence-electron chi connectivity index (χ3n) is 6.02. The van der Waals surface area contributed by atoms with E-state index in [1.165, 1.54) is 12.0 Å². The average Bonchev–Trinajstić information content (AvgIpc) is 3.23. The van der Waals surface area contributed by atoms with Crippen LogP contribution in [0.3, 0.4) is 0 Å². The largest absolute Gasteiger partial charge is 0.339 e. The molecule has 1 aromatic heterocycles. The molecule has 2 aliphatic rings. The minimum Gasteiger partial charge on any atom is -0.339 e. The summed E-state index contributed by atoms with van der Waals surface area (Å²) in [5, 5.41) is 5.42. The predicted molar refractivity (Wildman–Crippen MR) is 125 cm³/mol. The van der Waals surface area contributed by atoms with Gasteiger partial charge in [-0.3, -0.25) is 9.80 Å². The van der Waals surface area contributed by atoms with Gasteiger partial charge in [0, 0.05) is 62.0 Å². The fourth-order valence-corrected chi connectivity index (χ4v) is 4.38. The lowest BCUT2D eigenvalue weighted by molar-refractivity contribution is 0.0723. The summed E-state index contributed by atoms with van der Waals surface area (Å²) < 4.78 is 0. The van der Waals surface area contributed by atoms with E-state index in [1.54, 1.807) is 0 Å². The van der Waals surface area contributed by atoms with Crippen LogP contribution in [-0.2, 0) is 13.1 Å². The van der Waals surface area contributed by atoms with Crippen LogP contribution in [0.25, 0.3) is 11.3 Å². The molecule has 31 heavy (non-hydrogen) atoms. The standard InChI is InChI=1S/C24H34N6O/c1-17(2)30-23-21(16-27-30)20(24(31)29-11-4-3-5-12-29)14-22(28-23)19-8-6-7-18(13-19)15-26-10-9-25/h6-8,13-14,17,26-27H,3-5,9-12,15-16,25H2,1-2H3. The molecule has 1 saturated heterocycles. The number of carbonyl (C=O) groups excluding carboxylic acids is 1. The van der Waals surface area contributed by atoms with Crippen LogP contribution in [0.1, 0.15) is 54.6 Å². The van der Waals surface area contributed by atoms with E-state index in [0.29, 0.717) is 13.1 Å². The second kappa shape index (κ2) is 9.77. The van der Waals surface area contributed by atoms with Gasteiger partial charge in [-0.1, -0.05) is 18.2 Å². The summed E-state index contributed by atoms with van der Waals surface area (Å²) in [7, 11) is 0. The van der Waals surface area contributed by atoms with Crippen molar-refractivity contribution in [2.45, 2.75) is 52.2 Å². The van der Waals surface area contributed by atoms with Gasteiger partial charge in [0.1, 0.15) is 5.82 Å². The number of nitrogens with zero attached hydrogens (tertiary/aromatic N) is 3. The lowest BCUT2D eigenvalue weighted by Gasteiger charge is -2.28. The van der Waals surface area contributed by atoms with Crippen molar-refractivity contribution in [3.8, 4) is 11.3 Å². The molecule has 1 aromatic carbocycles. The molecule has 2 aromatic rings. The van der Waals surface area contributed by atoms with Crippen LogP contribution in [-0.4, -0.2) is 48.0 Å². The number of benzene rings is 1. The monoisotopic (exact) mass is 422 g/mol. The van der Waals surface area contributed by atoms with E-state index >= 15 is 0 Å². The Hall–Kier alpha value is -2.48. The predicted octanol–water partition coefficient (Wildman–Crippen LogP) is 2.66. The number of carbonyl (C=O) groups is 1. The Balaban J connectivity index is 1.72. The van der Waals surface area contributed by atoms with Gasteiger partial charge in [0.2, 0.25) is 0 Å². The van der Waals surface area contributed by atoms with E-state index in [0.717, 1.165) is 67.2 Å². The van der Waals surface area contributed by atoms with Crippen LogP contribution < -0.4 is 21.5 Å². The van der Waals surface area contributed by atoms with Crippen molar-refractivity contribution in [1.29, 1.82) is 0 Å². The number of hydrazine groups is 1. The minimum absolute atomic E-state index is 0.132. The summed E-state index contributed by atoms with van der Waals surface area (Å²) >= 11 is 0. The van der Waals surface area contributed by atoms with E-state index in [4.69, 9.17) is 10.7 Å². The topological polar surface area (TPSA) is 86.5 Å². The first-order chi connectivity index (χ1) is 15.1. The Morgan fingerprint density at radius 1 is 1.23 bits per heavy atom. The second-order valence-corrected chi connectivity index (χ2v) is 8.67. The molecule has 1 amide bonds. The first-order valence-electron chi connectivity index (χ1n) is 11.4. The zero-order chi connectivity index (χ0) is 21.8. The Kier molecular flexibility index (Phi) is 6.85. The molecule has 1 fully saturated rings. The summed E-state index contributed by atoms with van der Waals surface area (Å²) in [6.07, 6.45) is 3.37. The van der Waals surface area contributed by atoms with Gasteiger partial charge in [-0.25, -0.2) is 10.4 Å². The van der Waals surface area contributed by atoms with Crippen molar-refractivity contribution >= 4 is 11.7 Å². The molecule has 0 radical (unpaired) electrons. The van der Waals surface area contributed by atoms with Crippen molar-refractivity contribution in [3.63, 3.8) is 0 Å². The van der Waals surface area contributed by atoms with E-state index in [2.05, 4.69) is 47.8 Å². The molecule has 7 heteroatoms. The first kappa shape index (κ1) is 21.7. The van der Waals surface area contributed by atoms with Crippen LogP contribution in [0.5, 0.6) is 0 Å². The quantitative estimate of drug-likeness (QED) is 0.595. The number of likely N-dealkylation sites (tertiary alicyclic amines) is 1. The van der Waals surface area contributed by atoms with E-state index < -0.39 is 0 Å². The Labute approximate surface area is 185 Å². The SMILES string of the molecule is CC(C)N1NCc2c(C(=O)N3CCCCC3)cc(-c3cccc(CNCCN)c3)nc21. The summed E-state index contributed by atoms with van der Waals surface area (Å²) in [4.78, 5) is 20.5. The number of amides is 1. The number of hydrogen-bond acceptors (Lipinski definition) is 6. The molecule has 0 unspecified atom stereocenters. The lowest BCUT2D eigenvalue weighted by atomic mass is 10.0. The van der Waals surface area contributed by atoms with Crippen molar-refractivity contribution in [1.82, 2.24) is 20.6 Å². The number of hydrogen-bond donors (Lipinski definition) is 3. The van der Waals surface area contributed by atoms with Crippen molar-refractivity contribution in [2.24, 2.45) is 5.73 Å². The molecular formula is C24H34N6O. The Bertz CT molecular complexity index is 922. The number of piperidine rings is 1. The summed E-state index contributed by atoms with van der Waals surface area (Å²) in [5.41, 5.74) is 13.8. The van der Waals surface area contributed by atoms with Gasteiger partial charge in [0.05, 0.1) is 5.69 Å². The highest BCUT2D eigenvalue weighted by Gasteiger charge is 2.30. The van der Waals surface area contributed by atoms with Gasteiger partial charge in [0.15, 0.2) is 0 Å². The maximum atomic E-state index is 13.5. The molecule has 3 heterocycles. The molecule has 0 bridgehead atoms. The van der Waals surface area contributed by atoms with Gasteiger partial charge < -0.3 is 16.0 Å². The zero-order valence-corrected chi connectivity index (χ0v) is 18.7. The van der Waals surface area contributed by atoms with Gasteiger partial charge in [-0.2, -0.15) is 0 Å². The van der Waals surface area contributed by atoms with Crippen LogP contribution >= 0.6 is 0 Å². The second-order valence-electron chi connectivity index (χ2n) is 8.67. The summed E-state index contributed by atoms with van der Waals surface area (Å²) in [6, 6.07) is 10.6. The highest BCUT2D eigenvalue weighted by molar-refractivity contribution is 5.98. The molecule has 0 spiro atoms. The third kappa shape index (κ3) is 4.74. The van der Waals surface area contributed by atoms with Crippen LogP contribution in [0, 0.1) is 0 Å². The number of aromatic nitrogens is 1. The number of pyridine rings is 1. The summed E-state index contributed by atoms with van der Waals surface area (Å²) in [6.45, 7) is 8.74. The lowest BCUT2D eigenvalue weighted by Crippen LogP contribution is -2.38.